The van der Waals surface area contributed by atoms with E-state index in [9.17, 15) is 0 Å². The molecule has 0 bridgehead atoms. The lowest BCUT2D eigenvalue weighted by Gasteiger charge is -2.32. The van der Waals surface area contributed by atoms with Crippen LogP contribution in [0.4, 0.5) is 5.69 Å². The summed E-state index contributed by atoms with van der Waals surface area (Å²) >= 11 is 0. The van der Waals surface area contributed by atoms with E-state index in [0.717, 1.165) is 0 Å². The van der Waals surface area contributed by atoms with Crippen molar-refractivity contribution >= 4 is 11.3 Å². The molecule has 1 aliphatic rings. The Hall–Kier alpha value is -0.950. The number of anilines is 1. The van der Waals surface area contributed by atoms with Gasteiger partial charge in [-0.25, -0.2) is 0 Å². The zero-order chi connectivity index (χ0) is 11.2. The Morgan fingerprint density at radius 1 is 1.00 bits per heavy atom. The van der Waals surface area contributed by atoms with Crippen LogP contribution in [-0.4, -0.2) is 5.54 Å². The number of benzene rings is 1. The van der Waals surface area contributed by atoms with Crippen molar-refractivity contribution in [1.29, 1.82) is 0 Å². The Labute approximate surface area is 104 Å². The molecule has 0 radical (unpaired) electrons. The van der Waals surface area contributed by atoms with Crippen LogP contribution in [0, 0.1) is 13.8 Å². The first-order valence-corrected chi connectivity index (χ1v) is 5.48. The van der Waals surface area contributed by atoms with Crippen molar-refractivity contribution < 1.29 is 12.4 Å². The molecule has 0 atom stereocenters. The number of halogens is 1. The van der Waals surface area contributed by atoms with Crippen molar-refractivity contribution in [2.75, 3.05) is 5.32 Å². The lowest BCUT2D eigenvalue weighted by molar-refractivity contribution is -0.00000360. The molecule has 1 aromatic carbocycles. The standard InChI is InChI=1S/C14H19N.ClH/c1-9-6-12-11(3)8-14(4,5)15-13(12)7-10(9)2;/h6-8,15H,1-5H3;1H/p-1. The molecule has 0 amide bonds. The molecule has 1 aromatic rings. The van der Waals surface area contributed by atoms with Crippen LogP contribution in [0.3, 0.4) is 0 Å². The fourth-order valence-electron chi connectivity index (χ4n) is 2.25. The zero-order valence-electron chi connectivity index (χ0n) is 10.6. The maximum atomic E-state index is 3.56. The lowest BCUT2D eigenvalue weighted by Crippen LogP contribution is -3.00. The number of nitrogens with one attached hydrogen (secondary N) is 1. The first-order chi connectivity index (χ1) is 6.89. The molecule has 88 valence electrons. The Balaban J connectivity index is 0.00000128. The molecule has 0 aromatic heterocycles. The van der Waals surface area contributed by atoms with Gasteiger partial charge >= 0.3 is 0 Å². The van der Waals surface area contributed by atoms with Crippen LogP contribution in [0.2, 0.25) is 0 Å². The molecule has 1 N–H and O–H groups in total. The number of allylic oxidation sites excluding steroid dienone is 1. The third kappa shape index (κ3) is 2.25. The van der Waals surface area contributed by atoms with Crippen LogP contribution >= 0.6 is 0 Å². The number of hydrogen-bond donors (Lipinski definition) is 1. The van der Waals surface area contributed by atoms with Crippen molar-refractivity contribution in [3.8, 4) is 0 Å². The van der Waals surface area contributed by atoms with Gasteiger partial charge in [-0.2, -0.15) is 0 Å². The average molecular weight is 237 g/mol. The fourth-order valence-corrected chi connectivity index (χ4v) is 2.25. The topological polar surface area (TPSA) is 12.0 Å². The summed E-state index contributed by atoms with van der Waals surface area (Å²) in [5.41, 5.74) is 6.77. The van der Waals surface area contributed by atoms with Crippen LogP contribution in [0.15, 0.2) is 18.2 Å². The quantitative estimate of drug-likeness (QED) is 0.707. The van der Waals surface area contributed by atoms with Crippen LogP contribution in [0.25, 0.3) is 5.57 Å². The monoisotopic (exact) mass is 236 g/mol. The number of rotatable bonds is 0. The zero-order valence-corrected chi connectivity index (χ0v) is 11.4. The van der Waals surface area contributed by atoms with Gasteiger partial charge in [0.05, 0.1) is 5.54 Å². The summed E-state index contributed by atoms with van der Waals surface area (Å²) in [7, 11) is 0. The first-order valence-electron chi connectivity index (χ1n) is 5.48. The van der Waals surface area contributed by atoms with E-state index in [-0.39, 0.29) is 17.9 Å². The normalized spacial score (nSPS) is 16.7. The highest BCUT2D eigenvalue weighted by molar-refractivity contribution is 5.81. The molecule has 1 nitrogen and oxygen atoms in total. The van der Waals surface area contributed by atoms with Gasteiger partial charge in [-0.1, -0.05) is 6.08 Å². The minimum atomic E-state index is 0. The van der Waals surface area contributed by atoms with E-state index in [0.29, 0.717) is 0 Å². The molecular weight excluding hydrogens is 218 g/mol. The summed E-state index contributed by atoms with van der Waals surface area (Å²) in [6.07, 6.45) is 2.30. The maximum absolute atomic E-state index is 3.56. The van der Waals surface area contributed by atoms with Gasteiger partial charge in [-0.15, -0.1) is 0 Å². The molecule has 1 heterocycles. The second-order valence-electron chi connectivity index (χ2n) is 5.16. The third-order valence-electron chi connectivity index (χ3n) is 3.09. The summed E-state index contributed by atoms with van der Waals surface area (Å²) in [5.74, 6) is 0. The molecule has 0 spiro atoms. The van der Waals surface area contributed by atoms with Crippen LogP contribution in [0.1, 0.15) is 37.5 Å². The van der Waals surface area contributed by atoms with E-state index < -0.39 is 0 Å². The van der Waals surface area contributed by atoms with Crippen molar-refractivity contribution in [3.63, 3.8) is 0 Å². The van der Waals surface area contributed by atoms with E-state index in [1.165, 1.54) is 28.0 Å². The van der Waals surface area contributed by atoms with Crippen molar-refractivity contribution in [3.05, 3.63) is 34.9 Å². The molecule has 2 heteroatoms. The van der Waals surface area contributed by atoms with E-state index in [1.807, 2.05) is 0 Å². The molecule has 0 saturated heterocycles. The van der Waals surface area contributed by atoms with Gasteiger partial charge in [0.15, 0.2) is 0 Å². The SMILES string of the molecule is CC1=CC(C)(C)Nc2cc(C)c(C)cc21.[Cl-]. The van der Waals surface area contributed by atoms with Crippen LogP contribution in [0.5, 0.6) is 0 Å². The number of hydrogen-bond acceptors (Lipinski definition) is 1. The second kappa shape index (κ2) is 4.14. The van der Waals surface area contributed by atoms with Gasteiger partial charge in [0.1, 0.15) is 0 Å². The highest BCUT2D eigenvalue weighted by Gasteiger charge is 2.22. The van der Waals surface area contributed by atoms with E-state index in [4.69, 9.17) is 0 Å². The molecule has 0 saturated carbocycles. The van der Waals surface area contributed by atoms with Crippen LogP contribution in [-0.2, 0) is 0 Å². The van der Waals surface area contributed by atoms with Gasteiger partial charge in [-0.3, -0.25) is 0 Å². The second-order valence-corrected chi connectivity index (χ2v) is 5.16. The molecule has 0 fully saturated rings. The highest BCUT2D eigenvalue weighted by Crippen LogP contribution is 2.34. The first kappa shape index (κ1) is 13.1. The van der Waals surface area contributed by atoms with Gasteiger partial charge in [0.25, 0.3) is 0 Å². The lowest BCUT2D eigenvalue weighted by atomic mass is 9.89. The Kier molecular flexibility index (Phi) is 3.39. The minimum Gasteiger partial charge on any atom is -1.00 e. The fraction of sp³-hybridized carbons (Fsp3) is 0.429. The van der Waals surface area contributed by atoms with Crippen LogP contribution < -0.4 is 17.7 Å². The van der Waals surface area contributed by atoms with Gasteiger partial charge < -0.3 is 17.7 Å². The van der Waals surface area contributed by atoms with Gasteiger partial charge in [-0.05, 0) is 63.5 Å². The van der Waals surface area contributed by atoms with Gasteiger partial charge in [0.2, 0.25) is 0 Å². The van der Waals surface area contributed by atoms with E-state index in [2.05, 4.69) is 58.1 Å². The number of fused-ring (bicyclic) bond motifs is 1. The predicted octanol–water partition coefficient (Wildman–Crippen LogP) is 0.915. The molecule has 1 aliphatic heterocycles. The summed E-state index contributed by atoms with van der Waals surface area (Å²) in [6, 6.07) is 4.53. The van der Waals surface area contributed by atoms with E-state index >= 15 is 0 Å². The number of aryl methyl sites for hydroxylation is 2. The molecule has 16 heavy (non-hydrogen) atoms. The third-order valence-corrected chi connectivity index (χ3v) is 3.09. The van der Waals surface area contributed by atoms with E-state index in [1.54, 1.807) is 0 Å². The molecule has 0 unspecified atom stereocenters. The summed E-state index contributed by atoms with van der Waals surface area (Å²) < 4.78 is 0. The smallest absolute Gasteiger partial charge is 0.0505 e. The average Bonchev–Trinajstić information content (AvgIpc) is 2.07. The predicted molar refractivity (Wildman–Crippen MR) is 67.3 cm³/mol. The minimum absolute atomic E-state index is 0. The van der Waals surface area contributed by atoms with Crippen molar-refractivity contribution in [2.24, 2.45) is 0 Å². The summed E-state index contributed by atoms with van der Waals surface area (Å²) in [4.78, 5) is 0. The Morgan fingerprint density at radius 3 is 2.19 bits per heavy atom. The largest absolute Gasteiger partial charge is 1.00 e. The highest BCUT2D eigenvalue weighted by atomic mass is 35.5. The Bertz CT molecular complexity index is 444. The van der Waals surface area contributed by atoms with Crippen molar-refractivity contribution in [1.82, 2.24) is 0 Å². The Morgan fingerprint density at radius 2 is 1.56 bits per heavy atom. The molecule has 0 aliphatic carbocycles. The van der Waals surface area contributed by atoms with Crippen molar-refractivity contribution in [2.45, 2.75) is 40.2 Å². The van der Waals surface area contributed by atoms with Gasteiger partial charge in [0, 0.05) is 11.3 Å². The maximum Gasteiger partial charge on any atom is 0.0505 e. The molecule has 2 rings (SSSR count). The summed E-state index contributed by atoms with van der Waals surface area (Å²) in [5, 5.41) is 3.56. The summed E-state index contributed by atoms with van der Waals surface area (Å²) in [6.45, 7) is 10.9. The molecular formula is C14H19ClN-.